The molecule has 0 amide bonds. The minimum Gasteiger partial charge on any atom is -0.219 e. The van der Waals surface area contributed by atoms with Gasteiger partial charge in [0.05, 0.1) is 0 Å². The lowest BCUT2D eigenvalue weighted by Crippen LogP contribution is -2.01. The van der Waals surface area contributed by atoms with E-state index in [0.717, 1.165) is 12.0 Å². The highest BCUT2D eigenvalue weighted by Gasteiger charge is 1.97. The van der Waals surface area contributed by atoms with Gasteiger partial charge < -0.3 is 0 Å². The molecule has 2 aromatic heterocycles. The average Bonchev–Trinajstić information content (AvgIpc) is 2.71. The molecule has 0 unspecified atom stereocenters. The Morgan fingerprint density at radius 1 is 1.31 bits per heavy atom. The largest absolute Gasteiger partial charge is 0.250 e. The number of aryl methyl sites for hydroxylation is 1. The summed E-state index contributed by atoms with van der Waals surface area (Å²) in [5, 5.41) is 4.03. The Morgan fingerprint density at radius 2 is 2.08 bits per heavy atom. The van der Waals surface area contributed by atoms with Crippen LogP contribution in [0.25, 0.3) is 5.95 Å². The van der Waals surface area contributed by atoms with Crippen LogP contribution in [0.5, 0.6) is 0 Å². The molecule has 0 N–H and O–H groups in total. The van der Waals surface area contributed by atoms with E-state index in [0.29, 0.717) is 5.95 Å². The van der Waals surface area contributed by atoms with Crippen LogP contribution in [-0.4, -0.2) is 19.7 Å². The van der Waals surface area contributed by atoms with Gasteiger partial charge in [0.1, 0.15) is 0 Å². The van der Waals surface area contributed by atoms with E-state index in [2.05, 4.69) is 22.0 Å². The molecular weight excluding hydrogens is 164 g/mol. The molecule has 0 spiro atoms. The third-order valence-electron chi connectivity index (χ3n) is 1.81. The van der Waals surface area contributed by atoms with Crippen LogP contribution in [0, 0.1) is 0 Å². The van der Waals surface area contributed by atoms with E-state index < -0.39 is 0 Å². The smallest absolute Gasteiger partial charge is 0.219 e. The highest BCUT2D eigenvalue weighted by Crippen LogP contribution is 2.00. The summed E-state index contributed by atoms with van der Waals surface area (Å²) >= 11 is 0. The van der Waals surface area contributed by atoms with Crippen molar-refractivity contribution in [2.24, 2.45) is 0 Å². The maximum atomic E-state index is 4.18. The summed E-state index contributed by atoms with van der Waals surface area (Å²) in [6.07, 6.45) is 8.13. The van der Waals surface area contributed by atoms with Gasteiger partial charge in [-0.2, -0.15) is 5.10 Å². The second-order valence-electron chi connectivity index (χ2n) is 2.70. The Hall–Kier alpha value is -1.71. The topological polar surface area (TPSA) is 43.6 Å². The van der Waals surface area contributed by atoms with Crippen molar-refractivity contribution < 1.29 is 0 Å². The van der Waals surface area contributed by atoms with Crippen LogP contribution in [0.15, 0.2) is 30.9 Å². The van der Waals surface area contributed by atoms with Crippen molar-refractivity contribution in [3.63, 3.8) is 0 Å². The summed E-state index contributed by atoms with van der Waals surface area (Å²) < 4.78 is 1.64. The van der Waals surface area contributed by atoms with Gasteiger partial charge in [0.25, 0.3) is 0 Å². The maximum Gasteiger partial charge on any atom is 0.250 e. The first kappa shape index (κ1) is 7.91. The monoisotopic (exact) mass is 174 g/mol. The lowest BCUT2D eigenvalue weighted by Gasteiger charge is -1.99. The van der Waals surface area contributed by atoms with E-state index in [4.69, 9.17) is 0 Å². The lowest BCUT2D eigenvalue weighted by molar-refractivity contribution is 0.802. The highest BCUT2D eigenvalue weighted by molar-refractivity contribution is 5.13. The zero-order chi connectivity index (χ0) is 9.10. The molecule has 0 atom stereocenters. The predicted molar refractivity (Wildman–Crippen MR) is 48.5 cm³/mol. The Kier molecular flexibility index (Phi) is 2.04. The van der Waals surface area contributed by atoms with Crippen LogP contribution < -0.4 is 0 Å². The quantitative estimate of drug-likeness (QED) is 0.687. The second kappa shape index (κ2) is 3.35. The molecule has 0 saturated heterocycles. The van der Waals surface area contributed by atoms with Crippen molar-refractivity contribution in [3.05, 3.63) is 36.4 Å². The molecule has 0 aliphatic rings. The molecule has 4 nitrogen and oxygen atoms in total. The summed E-state index contributed by atoms with van der Waals surface area (Å²) in [6, 6.07) is 1.84. The molecule has 0 aliphatic heterocycles. The minimum atomic E-state index is 0.613. The summed E-state index contributed by atoms with van der Waals surface area (Å²) in [7, 11) is 0. The number of hydrogen-bond acceptors (Lipinski definition) is 3. The van der Waals surface area contributed by atoms with E-state index in [-0.39, 0.29) is 0 Å². The van der Waals surface area contributed by atoms with Gasteiger partial charge in [-0.05, 0) is 18.1 Å². The first-order chi connectivity index (χ1) is 6.40. The van der Waals surface area contributed by atoms with Crippen LogP contribution in [0.4, 0.5) is 0 Å². The minimum absolute atomic E-state index is 0.613. The number of hydrogen-bond donors (Lipinski definition) is 0. The SMILES string of the molecule is CCc1cnc(-n2cccn2)nc1. The molecule has 0 aromatic carbocycles. The number of rotatable bonds is 2. The molecule has 0 aliphatic carbocycles. The number of nitrogens with zero attached hydrogens (tertiary/aromatic N) is 4. The van der Waals surface area contributed by atoms with Crippen molar-refractivity contribution in [2.75, 3.05) is 0 Å². The summed E-state index contributed by atoms with van der Waals surface area (Å²) in [5.74, 6) is 0.613. The fraction of sp³-hybridized carbons (Fsp3) is 0.222. The third-order valence-corrected chi connectivity index (χ3v) is 1.81. The molecule has 0 bridgehead atoms. The van der Waals surface area contributed by atoms with Crippen LogP contribution in [0.3, 0.4) is 0 Å². The lowest BCUT2D eigenvalue weighted by atomic mass is 10.3. The summed E-state index contributed by atoms with van der Waals surface area (Å²) in [5.41, 5.74) is 1.14. The van der Waals surface area contributed by atoms with Gasteiger partial charge in [-0.15, -0.1) is 0 Å². The molecule has 0 saturated carbocycles. The van der Waals surface area contributed by atoms with Gasteiger partial charge in [0.15, 0.2) is 0 Å². The first-order valence-electron chi connectivity index (χ1n) is 4.21. The molecular formula is C9H10N4. The Labute approximate surface area is 76.3 Å². The molecule has 4 heteroatoms. The van der Waals surface area contributed by atoms with E-state index in [1.807, 2.05) is 24.7 Å². The van der Waals surface area contributed by atoms with Gasteiger partial charge in [-0.25, -0.2) is 14.6 Å². The van der Waals surface area contributed by atoms with Gasteiger partial charge in [-0.3, -0.25) is 0 Å². The predicted octanol–water partition coefficient (Wildman–Crippen LogP) is 1.22. The van der Waals surface area contributed by atoms with Gasteiger partial charge in [0.2, 0.25) is 5.95 Å². The Balaban J connectivity index is 2.33. The summed E-state index contributed by atoms with van der Waals surface area (Å²) in [6.45, 7) is 2.08. The van der Waals surface area contributed by atoms with Crippen LogP contribution in [0.2, 0.25) is 0 Å². The fourth-order valence-corrected chi connectivity index (χ4v) is 1.04. The van der Waals surface area contributed by atoms with E-state index >= 15 is 0 Å². The van der Waals surface area contributed by atoms with Gasteiger partial charge >= 0.3 is 0 Å². The molecule has 0 radical (unpaired) electrons. The molecule has 2 heterocycles. The molecule has 2 aromatic rings. The molecule has 0 fully saturated rings. The zero-order valence-electron chi connectivity index (χ0n) is 7.38. The van der Waals surface area contributed by atoms with E-state index in [1.54, 1.807) is 10.9 Å². The van der Waals surface area contributed by atoms with Crippen molar-refractivity contribution in [1.29, 1.82) is 0 Å². The van der Waals surface area contributed by atoms with Crippen molar-refractivity contribution in [1.82, 2.24) is 19.7 Å². The van der Waals surface area contributed by atoms with Crippen LogP contribution in [0.1, 0.15) is 12.5 Å². The second-order valence-corrected chi connectivity index (χ2v) is 2.70. The standard InChI is InChI=1S/C9H10N4/c1-2-8-6-10-9(11-7-8)13-5-3-4-12-13/h3-7H,2H2,1H3. The fourth-order valence-electron chi connectivity index (χ4n) is 1.04. The molecule has 2 rings (SSSR count). The van der Waals surface area contributed by atoms with E-state index in [1.165, 1.54) is 0 Å². The zero-order valence-corrected chi connectivity index (χ0v) is 7.38. The van der Waals surface area contributed by atoms with Crippen molar-refractivity contribution in [3.8, 4) is 5.95 Å². The van der Waals surface area contributed by atoms with Crippen molar-refractivity contribution >= 4 is 0 Å². The Bertz CT molecular complexity index is 363. The van der Waals surface area contributed by atoms with Crippen LogP contribution in [-0.2, 0) is 6.42 Å². The third kappa shape index (κ3) is 1.56. The molecule has 66 valence electrons. The number of aromatic nitrogens is 4. The van der Waals surface area contributed by atoms with Gasteiger partial charge in [0, 0.05) is 24.8 Å². The first-order valence-corrected chi connectivity index (χ1v) is 4.21. The normalized spacial score (nSPS) is 10.2. The van der Waals surface area contributed by atoms with Crippen LogP contribution >= 0.6 is 0 Å². The Morgan fingerprint density at radius 3 is 2.62 bits per heavy atom. The molecule has 13 heavy (non-hydrogen) atoms. The highest BCUT2D eigenvalue weighted by atomic mass is 15.3. The summed E-state index contributed by atoms with van der Waals surface area (Å²) in [4.78, 5) is 8.36. The maximum absolute atomic E-state index is 4.18. The van der Waals surface area contributed by atoms with Crippen molar-refractivity contribution in [2.45, 2.75) is 13.3 Å². The van der Waals surface area contributed by atoms with Gasteiger partial charge in [-0.1, -0.05) is 6.92 Å². The average molecular weight is 174 g/mol. The van der Waals surface area contributed by atoms with E-state index in [9.17, 15) is 0 Å².